The predicted molar refractivity (Wildman–Crippen MR) is 81.7 cm³/mol. The third kappa shape index (κ3) is 1.91. The van der Waals surface area contributed by atoms with Crippen LogP contribution in [0.25, 0.3) is 5.65 Å². The van der Waals surface area contributed by atoms with Crippen molar-refractivity contribution in [2.45, 2.75) is 51.2 Å². The SMILES string of the molecule is CCO[C@H]1C[C@H](N(C)c2ccc3nnnn3n2)C12CCCC2. The van der Waals surface area contributed by atoms with E-state index >= 15 is 0 Å². The van der Waals surface area contributed by atoms with Gasteiger partial charge >= 0.3 is 0 Å². The third-order valence-electron chi connectivity index (χ3n) is 5.53. The monoisotopic (exact) mass is 302 g/mol. The molecule has 2 fully saturated rings. The molecule has 0 saturated heterocycles. The van der Waals surface area contributed by atoms with Crippen LogP contribution in [0.5, 0.6) is 0 Å². The Labute approximate surface area is 129 Å². The van der Waals surface area contributed by atoms with Crippen molar-refractivity contribution in [1.82, 2.24) is 25.3 Å². The van der Waals surface area contributed by atoms with Gasteiger partial charge < -0.3 is 9.64 Å². The topological polar surface area (TPSA) is 68.4 Å². The molecule has 0 bridgehead atoms. The van der Waals surface area contributed by atoms with E-state index in [4.69, 9.17) is 4.74 Å². The van der Waals surface area contributed by atoms with Crippen LogP contribution in [0, 0.1) is 5.41 Å². The van der Waals surface area contributed by atoms with Gasteiger partial charge in [0.25, 0.3) is 0 Å². The number of hydrogen-bond donors (Lipinski definition) is 0. The van der Waals surface area contributed by atoms with E-state index in [1.165, 1.54) is 30.3 Å². The van der Waals surface area contributed by atoms with E-state index in [0.29, 0.717) is 23.2 Å². The number of ether oxygens (including phenoxy) is 1. The summed E-state index contributed by atoms with van der Waals surface area (Å²) in [5.41, 5.74) is 0.982. The van der Waals surface area contributed by atoms with Crippen LogP contribution in [-0.2, 0) is 4.74 Å². The van der Waals surface area contributed by atoms with Crippen LogP contribution < -0.4 is 4.90 Å². The maximum atomic E-state index is 6.01. The van der Waals surface area contributed by atoms with Gasteiger partial charge in [0, 0.05) is 25.1 Å². The summed E-state index contributed by atoms with van der Waals surface area (Å²) in [6, 6.07) is 4.41. The van der Waals surface area contributed by atoms with Crippen molar-refractivity contribution in [3.8, 4) is 0 Å². The second-order valence-corrected chi connectivity index (χ2v) is 6.46. The Morgan fingerprint density at radius 3 is 2.95 bits per heavy atom. The van der Waals surface area contributed by atoms with Crippen molar-refractivity contribution in [3.63, 3.8) is 0 Å². The van der Waals surface area contributed by atoms with Crippen molar-refractivity contribution in [3.05, 3.63) is 12.1 Å². The van der Waals surface area contributed by atoms with E-state index in [1.54, 1.807) is 0 Å². The predicted octanol–water partition coefficient (Wildman–Crippen LogP) is 1.69. The van der Waals surface area contributed by atoms with E-state index in [2.05, 4.69) is 39.5 Å². The molecular formula is C15H22N6O. The maximum absolute atomic E-state index is 6.01. The molecule has 2 aromatic heterocycles. The normalized spacial score (nSPS) is 26.5. The van der Waals surface area contributed by atoms with Crippen LogP contribution >= 0.6 is 0 Å². The number of tetrazole rings is 1. The molecular weight excluding hydrogens is 280 g/mol. The molecule has 2 heterocycles. The van der Waals surface area contributed by atoms with Gasteiger partial charge in [-0.1, -0.05) is 12.8 Å². The highest BCUT2D eigenvalue weighted by molar-refractivity contribution is 5.46. The third-order valence-corrected chi connectivity index (χ3v) is 5.53. The molecule has 2 aliphatic carbocycles. The van der Waals surface area contributed by atoms with Crippen molar-refractivity contribution >= 4 is 11.5 Å². The Kier molecular flexibility index (Phi) is 3.25. The molecule has 0 radical (unpaired) electrons. The van der Waals surface area contributed by atoms with Gasteiger partial charge in [-0.25, -0.2) is 0 Å². The molecule has 2 aliphatic rings. The molecule has 0 unspecified atom stereocenters. The molecule has 1 spiro atoms. The number of hydrogen-bond acceptors (Lipinski definition) is 6. The molecule has 2 atom stereocenters. The van der Waals surface area contributed by atoms with Crippen molar-refractivity contribution in [2.24, 2.45) is 5.41 Å². The minimum Gasteiger partial charge on any atom is -0.378 e. The van der Waals surface area contributed by atoms with Gasteiger partial charge in [-0.05, 0) is 48.7 Å². The van der Waals surface area contributed by atoms with Gasteiger partial charge in [0.05, 0.1) is 6.10 Å². The molecule has 7 nitrogen and oxygen atoms in total. The maximum Gasteiger partial charge on any atom is 0.200 e. The largest absolute Gasteiger partial charge is 0.378 e. The fourth-order valence-corrected chi connectivity index (χ4v) is 4.38. The highest BCUT2D eigenvalue weighted by Crippen LogP contribution is 2.56. The number of aromatic nitrogens is 5. The van der Waals surface area contributed by atoms with E-state index in [1.807, 2.05) is 12.1 Å². The summed E-state index contributed by atoms with van der Waals surface area (Å²) < 4.78 is 7.50. The van der Waals surface area contributed by atoms with Gasteiger partial charge in [0.2, 0.25) is 0 Å². The van der Waals surface area contributed by atoms with Crippen molar-refractivity contribution in [2.75, 3.05) is 18.6 Å². The molecule has 7 heteroatoms. The van der Waals surface area contributed by atoms with E-state index in [-0.39, 0.29) is 0 Å². The van der Waals surface area contributed by atoms with Crippen LogP contribution in [0.4, 0.5) is 5.82 Å². The second-order valence-electron chi connectivity index (χ2n) is 6.46. The highest BCUT2D eigenvalue weighted by atomic mass is 16.5. The summed E-state index contributed by atoms with van der Waals surface area (Å²) in [6.07, 6.45) is 6.64. The second kappa shape index (κ2) is 5.15. The van der Waals surface area contributed by atoms with Crippen LogP contribution in [-0.4, -0.2) is 51.1 Å². The first-order valence-corrected chi connectivity index (χ1v) is 8.14. The summed E-state index contributed by atoms with van der Waals surface area (Å²) in [7, 11) is 2.13. The average molecular weight is 302 g/mol. The lowest BCUT2D eigenvalue weighted by molar-refractivity contribution is -0.121. The smallest absolute Gasteiger partial charge is 0.200 e. The Morgan fingerprint density at radius 1 is 1.36 bits per heavy atom. The molecule has 0 aromatic carbocycles. The van der Waals surface area contributed by atoms with Gasteiger partial charge in [-0.3, -0.25) is 0 Å². The van der Waals surface area contributed by atoms with Gasteiger partial charge in [-0.15, -0.1) is 14.8 Å². The Hall–Kier alpha value is -1.76. The fourth-order valence-electron chi connectivity index (χ4n) is 4.38. The van der Waals surface area contributed by atoms with Crippen LogP contribution in [0.1, 0.15) is 39.0 Å². The standard InChI is InChI=1S/C15H22N6O/c1-3-22-12-10-11(15(12)8-4-5-9-15)20(2)14-7-6-13-16-18-19-21(13)17-14/h6-7,11-12H,3-5,8-10H2,1-2H3/t11-,12-/m0/s1. The first kappa shape index (κ1) is 13.9. The quantitative estimate of drug-likeness (QED) is 0.856. The zero-order valence-electron chi connectivity index (χ0n) is 13.1. The zero-order valence-corrected chi connectivity index (χ0v) is 13.1. The minimum absolute atomic E-state index is 0.308. The lowest BCUT2D eigenvalue weighted by atomic mass is 9.60. The molecule has 4 rings (SSSR count). The average Bonchev–Trinajstić information content (AvgIpc) is 3.19. The lowest BCUT2D eigenvalue weighted by Crippen LogP contribution is -2.63. The summed E-state index contributed by atoms with van der Waals surface area (Å²) in [4.78, 5) is 2.29. The lowest BCUT2D eigenvalue weighted by Gasteiger charge is -2.57. The molecule has 0 aliphatic heterocycles. The molecule has 22 heavy (non-hydrogen) atoms. The molecule has 0 N–H and O–H groups in total. The number of fused-ring (bicyclic) bond motifs is 1. The van der Waals surface area contributed by atoms with Gasteiger partial charge in [0.15, 0.2) is 11.5 Å². The van der Waals surface area contributed by atoms with Crippen LogP contribution in [0.3, 0.4) is 0 Å². The van der Waals surface area contributed by atoms with E-state index in [9.17, 15) is 0 Å². The Morgan fingerprint density at radius 2 is 2.18 bits per heavy atom. The molecule has 2 saturated carbocycles. The van der Waals surface area contributed by atoms with Gasteiger partial charge in [0.1, 0.15) is 0 Å². The first-order chi connectivity index (χ1) is 10.7. The molecule has 0 amide bonds. The highest BCUT2D eigenvalue weighted by Gasteiger charge is 2.58. The Bertz CT molecular complexity index is 665. The summed E-state index contributed by atoms with van der Waals surface area (Å²) in [6.45, 7) is 2.89. The zero-order chi connectivity index (χ0) is 15.2. The molecule has 2 aromatic rings. The number of anilines is 1. The minimum atomic E-state index is 0.308. The van der Waals surface area contributed by atoms with Crippen LogP contribution in [0.15, 0.2) is 12.1 Å². The van der Waals surface area contributed by atoms with Crippen LogP contribution in [0.2, 0.25) is 0 Å². The van der Waals surface area contributed by atoms with Gasteiger partial charge in [-0.2, -0.15) is 0 Å². The molecule has 118 valence electrons. The Balaban J connectivity index is 1.60. The number of rotatable bonds is 4. The first-order valence-electron chi connectivity index (χ1n) is 8.14. The summed E-state index contributed by atoms with van der Waals surface area (Å²) in [5.74, 6) is 0.922. The van der Waals surface area contributed by atoms with Crippen molar-refractivity contribution < 1.29 is 4.74 Å². The fraction of sp³-hybridized carbons (Fsp3) is 0.733. The van der Waals surface area contributed by atoms with E-state index < -0.39 is 0 Å². The van der Waals surface area contributed by atoms with E-state index in [0.717, 1.165) is 18.8 Å². The van der Waals surface area contributed by atoms with Crippen molar-refractivity contribution in [1.29, 1.82) is 0 Å². The summed E-state index contributed by atoms with van der Waals surface area (Å²) >= 11 is 0. The summed E-state index contributed by atoms with van der Waals surface area (Å²) in [5, 5.41) is 16.0. The number of nitrogens with zero attached hydrogens (tertiary/aromatic N) is 6.